The van der Waals surface area contributed by atoms with Crippen LogP contribution in [0.25, 0.3) is 0 Å². The van der Waals surface area contributed by atoms with Crippen molar-refractivity contribution in [3.8, 4) is 5.75 Å². The number of aromatic nitrogens is 4. The van der Waals surface area contributed by atoms with Gasteiger partial charge in [-0.3, -0.25) is 19.6 Å². The second-order valence-electron chi connectivity index (χ2n) is 8.42. The largest absolute Gasteiger partial charge is 0.490 e. The van der Waals surface area contributed by atoms with E-state index in [0.29, 0.717) is 60.2 Å². The Labute approximate surface area is 219 Å². The molecular weight excluding hydrogens is 496 g/mol. The molecule has 1 fully saturated rings. The minimum Gasteiger partial charge on any atom is -0.490 e. The number of carbonyl (C=O) groups excluding carboxylic acids is 2. The number of H-pyrrole nitrogens is 1. The molecule has 3 heterocycles. The molecule has 13 heteroatoms. The van der Waals surface area contributed by atoms with Crippen molar-refractivity contribution in [3.63, 3.8) is 0 Å². The summed E-state index contributed by atoms with van der Waals surface area (Å²) < 4.78 is 10.6. The predicted molar refractivity (Wildman–Crippen MR) is 141 cm³/mol. The Morgan fingerprint density at radius 3 is 2.43 bits per heavy atom. The summed E-state index contributed by atoms with van der Waals surface area (Å²) in [5, 5.41) is 13.7. The summed E-state index contributed by atoms with van der Waals surface area (Å²) in [6.45, 7) is 6.31. The van der Waals surface area contributed by atoms with Crippen LogP contribution in [0.5, 0.6) is 5.75 Å². The first kappa shape index (κ1) is 26.2. The van der Waals surface area contributed by atoms with Crippen LogP contribution in [-0.2, 0) is 14.3 Å². The molecule has 3 N–H and O–H groups in total. The van der Waals surface area contributed by atoms with Gasteiger partial charge in [0.15, 0.2) is 22.6 Å². The van der Waals surface area contributed by atoms with Gasteiger partial charge >= 0.3 is 5.97 Å². The first-order valence-electron chi connectivity index (χ1n) is 11.7. The number of piperazine rings is 1. The van der Waals surface area contributed by atoms with E-state index in [1.807, 2.05) is 42.2 Å². The molecule has 12 nitrogen and oxygen atoms in total. The van der Waals surface area contributed by atoms with Crippen molar-refractivity contribution in [1.29, 1.82) is 0 Å². The van der Waals surface area contributed by atoms with Gasteiger partial charge in [-0.25, -0.2) is 9.97 Å². The minimum atomic E-state index is -0.253. The van der Waals surface area contributed by atoms with Crippen LogP contribution < -0.4 is 20.3 Å². The number of carbonyl (C=O) groups is 2. The van der Waals surface area contributed by atoms with E-state index in [4.69, 9.17) is 19.4 Å². The zero-order valence-corrected chi connectivity index (χ0v) is 22.0. The fraction of sp³-hybridized carbons (Fsp3) is 0.375. The number of rotatable bonds is 9. The molecule has 0 radical (unpaired) electrons. The smallest absolute Gasteiger partial charge is 0.319 e. The number of methoxy groups -OCH3 is 2. The Morgan fingerprint density at radius 1 is 1.11 bits per heavy atom. The van der Waals surface area contributed by atoms with Crippen molar-refractivity contribution < 1.29 is 19.1 Å². The van der Waals surface area contributed by atoms with Gasteiger partial charge in [0.05, 0.1) is 20.8 Å². The molecule has 1 aromatic carbocycles. The third-order valence-corrected chi connectivity index (χ3v) is 6.49. The number of nitrogens with one attached hydrogen (secondary N) is 3. The second kappa shape index (κ2) is 11.9. The zero-order valence-electron chi connectivity index (χ0n) is 21.2. The molecule has 196 valence electrons. The summed E-state index contributed by atoms with van der Waals surface area (Å²) >= 11 is 1.40. The molecule has 3 aromatic rings. The van der Waals surface area contributed by atoms with Gasteiger partial charge in [-0.15, -0.1) is 0 Å². The summed E-state index contributed by atoms with van der Waals surface area (Å²) in [5.41, 5.74) is 1.63. The van der Waals surface area contributed by atoms with E-state index in [2.05, 4.69) is 25.7 Å². The Morgan fingerprint density at radius 2 is 1.84 bits per heavy atom. The fourth-order valence-electron chi connectivity index (χ4n) is 3.83. The van der Waals surface area contributed by atoms with Crippen LogP contribution in [0.15, 0.2) is 40.4 Å². The number of nitrogens with zero attached hydrogens (tertiary/aromatic N) is 5. The Balaban J connectivity index is 1.61. The van der Waals surface area contributed by atoms with Gasteiger partial charge in [-0.1, -0.05) is 0 Å². The van der Waals surface area contributed by atoms with Crippen LogP contribution in [0.3, 0.4) is 0 Å². The molecule has 0 atom stereocenters. The first-order chi connectivity index (χ1) is 17.8. The predicted octanol–water partition coefficient (Wildman–Crippen LogP) is 2.66. The summed E-state index contributed by atoms with van der Waals surface area (Å²) in [7, 11) is 2.98. The molecule has 1 saturated heterocycles. The average Bonchev–Trinajstić information content (AvgIpc) is 3.29. The van der Waals surface area contributed by atoms with Crippen molar-refractivity contribution >= 4 is 46.8 Å². The quantitative estimate of drug-likeness (QED) is 0.280. The number of aromatic amines is 1. The Hall–Kier alpha value is -3.84. The van der Waals surface area contributed by atoms with Gasteiger partial charge < -0.3 is 25.0 Å². The van der Waals surface area contributed by atoms with Crippen LogP contribution >= 0.6 is 11.8 Å². The van der Waals surface area contributed by atoms with Gasteiger partial charge in [-0.2, -0.15) is 5.10 Å². The van der Waals surface area contributed by atoms with Crippen molar-refractivity contribution in [3.05, 3.63) is 36.0 Å². The Bertz CT molecular complexity index is 1240. The van der Waals surface area contributed by atoms with Gasteiger partial charge in [-0.05, 0) is 43.0 Å². The standard InChI is InChI=1S/C24H30N8O4S/c1-15-13-19(30-29-15)26-22-21(36-4)23(32-11-9-31(10-12-32)14-20(34)35-3)28-24(27-22)37-18-7-5-17(6-8-18)25-16(2)33/h5-8,13H,9-12,14H2,1-4H3,(H,25,33)(H2,26,27,28,29,30). The van der Waals surface area contributed by atoms with E-state index < -0.39 is 0 Å². The minimum absolute atomic E-state index is 0.125. The van der Waals surface area contributed by atoms with E-state index in [1.54, 1.807) is 7.11 Å². The van der Waals surface area contributed by atoms with Crippen molar-refractivity contribution in [1.82, 2.24) is 25.1 Å². The number of aryl methyl sites for hydroxylation is 1. The van der Waals surface area contributed by atoms with Gasteiger partial charge in [0.2, 0.25) is 11.7 Å². The summed E-state index contributed by atoms with van der Waals surface area (Å²) in [6, 6.07) is 9.35. The van der Waals surface area contributed by atoms with E-state index in [1.165, 1.54) is 25.8 Å². The monoisotopic (exact) mass is 526 g/mol. The number of esters is 1. The normalized spacial score (nSPS) is 13.8. The van der Waals surface area contributed by atoms with E-state index >= 15 is 0 Å². The molecule has 0 unspecified atom stereocenters. The van der Waals surface area contributed by atoms with Crippen molar-refractivity contribution in [2.45, 2.75) is 23.9 Å². The molecule has 0 aliphatic carbocycles. The molecular formula is C24H30N8O4S. The number of benzene rings is 1. The summed E-state index contributed by atoms with van der Waals surface area (Å²) in [4.78, 5) is 37.7. The molecule has 4 rings (SSSR count). The maximum atomic E-state index is 11.7. The summed E-state index contributed by atoms with van der Waals surface area (Å²) in [5.74, 6) is 1.89. The van der Waals surface area contributed by atoms with Gasteiger partial charge in [0.1, 0.15) is 0 Å². The van der Waals surface area contributed by atoms with Crippen LogP contribution in [0.4, 0.5) is 23.1 Å². The highest BCUT2D eigenvalue weighted by Crippen LogP contribution is 2.38. The SMILES string of the molecule is COC(=O)CN1CCN(c2nc(Sc3ccc(NC(C)=O)cc3)nc(Nc3cc(C)[nH]n3)c2OC)CC1. The molecule has 2 aromatic heterocycles. The third kappa shape index (κ3) is 6.89. The number of ether oxygens (including phenoxy) is 2. The molecule has 0 spiro atoms. The lowest BCUT2D eigenvalue weighted by Gasteiger charge is -2.35. The lowest BCUT2D eigenvalue weighted by atomic mass is 10.3. The number of amides is 1. The van der Waals surface area contributed by atoms with Gasteiger partial charge in [0, 0.05) is 55.4 Å². The molecule has 37 heavy (non-hydrogen) atoms. The number of hydrogen-bond acceptors (Lipinski definition) is 11. The zero-order chi connectivity index (χ0) is 26.4. The van der Waals surface area contributed by atoms with Crippen LogP contribution in [0, 0.1) is 6.92 Å². The van der Waals surface area contributed by atoms with Crippen LogP contribution in [0.1, 0.15) is 12.6 Å². The number of anilines is 4. The second-order valence-corrected chi connectivity index (χ2v) is 9.46. The Kier molecular flexibility index (Phi) is 8.46. The maximum absolute atomic E-state index is 11.7. The molecule has 0 bridgehead atoms. The van der Waals surface area contributed by atoms with Gasteiger partial charge in [0.25, 0.3) is 0 Å². The highest BCUT2D eigenvalue weighted by molar-refractivity contribution is 7.99. The lowest BCUT2D eigenvalue weighted by molar-refractivity contribution is -0.142. The third-order valence-electron chi connectivity index (χ3n) is 5.62. The van der Waals surface area contributed by atoms with E-state index in [0.717, 1.165) is 10.6 Å². The van der Waals surface area contributed by atoms with Crippen molar-refractivity contribution in [2.75, 3.05) is 62.5 Å². The maximum Gasteiger partial charge on any atom is 0.319 e. The first-order valence-corrected chi connectivity index (χ1v) is 12.5. The average molecular weight is 527 g/mol. The van der Waals surface area contributed by atoms with E-state index in [-0.39, 0.29) is 18.4 Å². The highest BCUT2D eigenvalue weighted by Gasteiger charge is 2.26. The van der Waals surface area contributed by atoms with Crippen molar-refractivity contribution in [2.24, 2.45) is 0 Å². The topological polar surface area (TPSA) is 138 Å². The molecule has 1 aliphatic heterocycles. The number of hydrogen-bond donors (Lipinski definition) is 3. The fourth-order valence-corrected chi connectivity index (χ4v) is 4.59. The molecule has 1 amide bonds. The van der Waals surface area contributed by atoms with E-state index in [9.17, 15) is 9.59 Å². The summed E-state index contributed by atoms with van der Waals surface area (Å²) in [6.07, 6.45) is 0. The molecule has 0 saturated carbocycles. The highest BCUT2D eigenvalue weighted by atomic mass is 32.2. The lowest BCUT2D eigenvalue weighted by Crippen LogP contribution is -2.48. The van der Waals surface area contributed by atoms with Crippen LogP contribution in [-0.4, -0.2) is 83.9 Å². The molecule has 1 aliphatic rings. The van der Waals surface area contributed by atoms with Crippen LogP contribution in [0.2, 0.25) is 0 Å².